The number of aromatic nitrogens is 3. The van der Waals surface area contributed by atoms with Gasteiger partial charge in [0.05, 0.1) is 11.4 Å². The minimum Gasteiger partial charge on any atom is -0.394 e. The molecule has 2 aromatic rings. The zero-order valence-corrected chi connectivity index (χ0v) is 12.0. The highest BCUT2D eigenvalue weighted by atomic mass is 15.4. The van der Waals surface area contributed by atoms with Crippen LogP contribution in [0, 0.1) is 6.92 Å². The molecule has 0 atom stereocenters. The van der Waals surface area contributed by atoms with Crippen LogP contribution < -0.4 is 10.6 Å². The summed E-state index contributed by atoms with van der Waals surface area (Å²) >= 11 is 0. The lowest BCUT2D eigenvalue weighted by molar-refractivity contribution is 0.525. The van der Waals surface area contributed by atoms with Crippen LogP contribution in [0.2, 0.25) is 0 Å². The maximum absolute atomic E-state index is 6.16. The number of anilines is 2. The summed E-state index contributed by atoms with van der Waals surface area (Å²) in [5, 5.41) is 4.51. The number of hydrogen-bond acceptors (Lipinski definition) is 4. The maximum Gasteiger partial charge on any atom is 0.150 e. The summed E-state index contributed by atoms with van der Waals surface area (Å²) < 4.78 is 1.97. The number of nitrogens with zero attached hydrogens (tertiary/aromatic N) is 4. The largest absolute Gasteiger partial charge is 0.394 e. The highest BCUT2D eigenvalue weighted by Crippen LogP contribution is 2.29. The van der Waals surface area contributed by atoms with Crippen LogP contribution in [0.3, 0.4) is 0 Å². The first-order valence-corrected chi connectivity index (χ1v) is 6.45. The lowest BCUT2D eigenvalue weighted by atomic mass is 10.2. The van der Waals surface area contributed by atoms with Crippen molar-refractivity contribution in [3.8, 4) is 0 Å². The summed E-state index contributed by atoms with van der Waals surface area (Å²) in [6.45, 7) is 6.91. The van der Waals surface area contributed by atoms with Crippen molar-refractivity contribution in [3.63, 3.8) is 0 Å². The Bertz CT molecular complexity index is 544. The van der Waals surface area contributed by atoms with Crippen LogP contribution in [0.5, 0.6) is 0 Å². The molecular formula is C14H21N5. The highest BCUT2D eigenvalue weighted by molar-refractivity contribution is 5.66. The summed E-state index contributed by atoms with van der Waals surface area (Å²) in [6, 6.07) is 4.28. The molecule has 5 heteroatoms. The van der Waals surface area contributed by atoms with Crippen molar-refractivity contribution in [1.29, 1.82) is 0 Å². The molecule has 0 bridgehead atoms. The molecule has 0 aliphatic heterocycles. The van der Waals surface area contributed by atoms with Crippen LogP contribution in [-0.4, -0.2) is 21.8 Å². The average molecular weight is 259 g/mol. The van der Waals surface area contributed by atoms with Gasteiger partial charge in [-0.15, -0.1) is 0 Å². The molecule has 2 heterocycles. The Morgan fingerprint density at radius 1 is 1.42 bits per heavy atom. The van der Waals surface area contributed by atoms with Gasteiger partial charge in [0.15, 0.2) is 5.82 Å². The van der Waals surface area contributed by atoms with Crippen LogP contribution in [0.15, 0.2) is 24.5 Å². The molecule has 19 heavy (non-hydrogen) atoms. The Kier molecular flexibility index (Phi) is 3.74. The number of nitrogen functional groups attached to an aromatic ring is 1. The van der Waals surface area contributed by atoms with E-state index in [2.05, 4.69) is 34.9 Å². The zero-order chi connectivity index (χ0) is 14.0. The molecule has 2 aromatic heterocycles. The number of aryl methyl sites for hydroxylation is 1. The lowest BCUT2D eigenvalue weighted by Crippen LogP contribution is -2.22. The van der Waals surface area contributed by atoms with Crippen LogP contribution in [0.25, 0.3) is 0 Å². The minimum atomic E-state index is 0.280. The second-order valence-corrected chi connectivity index (χ2v) is 5.08. The predicted octanol–water partition coefficient (Wildman–Crippen LogP) is 2.39. The second-order valence-electron chi connectivity index (χ2n) is 5.08. The molecule has 0 saturated heterocycles. The molecule has 0 amide bonds. The first-order chi connectivity index (χ1) is 9.00. The van der Waals surface area contributed by atoms with Gasteiger partial charge in [-0.2, -0.15) is 5.10 Å². The van der Waals surface area contributed by atoms with Gasteiger partial charge in [-0.3, -0.25) is 4.98 Å². The fourth-order valence-electron chi connectivity index (χ4n) is 2.13. The van der Waals surface area contributed by atoms with E-state index in [0.717, 1.165) is 29.3 Å². The first-order valence-electron chi connectivity index (χ1n) is 6.45. The van der Waals surface area contributed by atoms with E-state index in [4.69, 9.17) is 5.73 Å². The number of pyridine rings is 1. The van der Waals surface area contributed by atoms with Crippen LogP contribution >= 0.6 is 0 Å². The van der Waals surface area contributed by atoms with Crippen molar-refractivity contribution in [2.75, 3.05) is 17.7 Å². The first kappa shape index (κ1) is 13.4. The number of hydrogen-bond donors (Lipinski definition) is 1. The zero-order valence-electron chi connectivity index (χ0n) is 12.0. The van der Waals surface area contributed by atoms with Gasteiger partial charge in [0, 0.05) is 32.0 Å². The SMILES string of the molecule is Cc1nn(C(C)C)c(N(C)Cc2cccnc2)c1N. The van der Waals surface area contributed by atoms with Crippen molar-refractivity contribution in [2.24, 2.45) is 0 Å². The third-order valence-electron chi connectivity index (χ3n) is 3.10. The minimum absolute atomic E-state index is 0.280. The van der Waals surface area contributed by atoms with Crippen LogP contribution in [0.1, 0.15) is 31.1 Å². The lowest BCUT2D eigenvalue weighted by Gasteiger charge is -2.22. The fraction of sp³-hybridized carbons (Fsp3) is 0.429. The second kappa shape index (κ2) is 5.30. The Morgan fingerprint density at radius 3 is 2.74 bits per heavy atom. The molecule has 0 fully saturated rings. The summed E-state index contributed by atoms with van der Waals surface area (Å²) in [4.78, 5) is 6.25. The molecule has 0 unspecified atom stereocenters. The molecule has 0 saturated carbocycles. The molecule has 0 aliphatic rings. The molecule has 102 valence electrons. The van der Waals surface area contributed by atoms with Crippen LogP contribution in [0.4, 0.5) is 11.5 Å². The molecular weight excluding hydrogens is 238 g/mol. The Labute approximate surface area is 114 Å². The normalized spacial score (nSPS) is 11.0. The van der Waals surface area contributed by atoms with E-state index in [9.17, 15) is 0 Å². The van der Waals surface area contributed by atoms with Crippen molar-refractivity contribution in [3.05, 3.63) is 35.8 Å². The smallest absolute Gasteiger partial charge is 0.150 e. The van der Waals surface area contributed by atoms with Gasteiger partial charge in [0.1, 0.15) is 0 Å². The average Bonchev–Trinajstić information content (AvgIpc) is 2.67. The molecule has 2 rings (SSSR count). The summed E-state index contributed by atoms with van der Waals surface area (Å²) in [6.07, 6.45) is 3.65. The Balaban J connectivity index is 2.31. The third-order valence-corrected chi connectivity index (χ3v) is 3.10. The quantitative estimate of drug-likeness (QED) is 0.916. The van der Waals surface area contributed by atoms with Crippen molar-refractivity contribution in [1.82, 2.24) is 14.8 Å². The van der Waals surface area contributed by atoms with Gasteiger partial charge in [-0.1, -0.05) is 6.07 Å². The van der Waals surface area contributed by atoms with Gasteiger partial charge in [0.2, 0.25) is 0 Å². The number of nitrogens with two attached hydrogens (primary N) is 1. The van der Waals surface area contributed by atoms with E-state index >= 15 is 0 Å². The predicted molar refractivity (Wildman–Crippen MR) is 78.1 cm³/mol. The Morgan fingerprint density at radius 2 is 2.16 bits per heavy atom. The van der Waals surface area contributed by atoms with Gasteiger partial charge in [-0.05, 0) is 32.4 Å². The van der Waals surface area contributed by atoms with Crippen LogP contribution in [-0.2, 0) is 6.54 Å². The van der Waals surface area contributed by atoms with E-state index in [1.807, 2.05) is 30.9 Å². The highest BCUT2D eigenvalue weighted by Gasteiger charge is 2.18. The van der Waals surface area contributed by atoms with E-state index in [1.54, 1.807) is 6.20 Å². The van der Waals surface area contributed by atoms with Crippen molar-refractivity contribution < 1.29 is 0 Å². The van der Waals surface area contributed by atoms with E-state index in [0.29, 0.717) is 0 Å². The van der Waals surface area contributed by atoms with Crippen molar-refractivity contribution >= 4 is 11.5 Å². The maximum atomic E-state index is 6.16. The molecule has 5 nitrogen and oxygen atoms in total. The fourth-order valence-corrected chi connectivity index (χ4v) is 2.13. The van der Waals surface area contributed by atoms with Gasteiger partial charge >= 0.3 is 0 Å². The number of rotatable bonds is 4. The van der Waals surface area contributed by atoms with Crippen molar-refractivity contribution in [2.45, 2.75) is 33.4 Å². The summed E-state index contributed by atoms with van der Waals surface area (Å²) in [7, 11) is 2.03. The molecule has 0 spiro atoms. The van der Waals surface area contributed by atoms with Gasteiger partial charge in [0.25, 0.3) is 0 Å². The molecule has 2 N–H and O–H groups in total. The summed E-state index contributed by atoms with van der Waals surface area (Å²) in [5.74, 6) is 0.969. The summed E-state index contributed by atoms with van der Waals surface area (Å²) in [5.41, 5.74) is 8.93. The van der Waals surface area contributed by atoms with E-state index in [1.165, 1.54) is 0 Å². The van der Waals surface area contributed by atoms with Gasteiger partial charge < -0.3 is 10.6 Å². The third kappa shape index (κ3) is 2.70. The topological polar surface area (TPSA) is 60.0 Å². The van der Waals surface area contributed by atoms with Gasteiger partial charge in [-0.25, -0.2) is 4.68 Å². The molecule has 0 radical (unpaired) electrons. The molecule has 0 aliphatic carbocycles. The monoisotopic (exact) mass is 259 g/mol. The van der Waals surface area contributed by atoms with E-state index < -0.39 is 0 Å². The van der Waals surface area contributed by atoms with E-state index in [-0.39, 0.29) is 6.04 Å². The molecule has 0 aromatic carbocycles. The standard InChI is InChI=1S/C14H21N5/c1-10(2)19-14(13(15)11(3)17-19)18(4)9-12-6-5-7-16-8-12/h5-8,10H,9,15H2,1-4H3. The Hall–Kier alpha value is -2.04.